The smallest absolute Gasteiger partial charge is 0.262 e. The number of benzene rings is 3. The minimum atomic E-state index is -0.160. The first-order chi connectivity index (χ1) is 16.5. The molecule has 0 bridgehead atoms. The lowest BCUT2D eigenvalue weighted by molar-refractivity contribution is -0.115. The van der Waals surface area contributed by atoms with Gasteiger partial charge in [-0.2, -0.15) is 0 Å². The molecule has 0 atom stereocenters. The molecule has 0 aliphatic rings. The molecule has 8 heteroatoms. The Hall–Kier alpha value is -3.78. The molecule has 0 aliphatic carbocycles. The van der Waals surface area contributed by atoms with Gasteiger partial charge in [-0.3, -0.25) is 14.2 Å². The number of hydrogen-bond acceptors (Lipinski definition) is 6. The lowest BCUT2D eigenvalue weighted by atomic mass is 10.2. The lowest BCUT2D eigenvalue weighted by Crippen LogP contribution is -2.29. The zero-order valence-corrected chi connectivity index (χ0v) is 20.0. The summed E-state index contributed by atoms with van der Waals surface area (Å²) in [6.45, 7) is 0.280. The third-order valence-electron chi connectivity index (χ3n) is 5.46. The van der Waals surface area contributed by atoms with Crippen molar-refractivity contribution >= 4 is 34.3 Å². The molecule has 34 heavy (non-hydrogen) atoms. The molecule has 7 nitrogen and oxygen atoms in total. The summed E-state index contributed by atoms with van der Waals surface area (Å²) in [4.78, 5) is 32.6. The minimum absolute atomic E-state index is 0.0868. The summed E-state index contributed by atoms with van der Waals surface area (Å²) in [5.74, 6) is 1.24. The molecule has 0 aliphatic heterocycles. The van der Waals surface area contributed by atoms with Gasteiger partial charge in [0.15, 0.2) is 16.7 Å². The van der Waals surface area contributed by atoms with Gasteiger partial charge < -0.3 is 14.4 Å². The number of aromatic nitrogens is 2. The van der Waals surface area contributed by atoms with Crippen molar-refractivity contribution in [3.8, 4) is 11.5 Å². The molecule has 0 N–H and O–H groups in total. The predicted molar refractivity (Wildman–Crippen MR) is 135 cm³/mol. The van der Waals surface area contributed by atoms with Gasteiger partial charge in [0.1, 0.15) is 0 Å². The Morgan fingerprint density at radius 3 is 2.41 bits per heavy atom. The van der Waals surface area contributed by atoms with E-state index >= 15 is 0 Å². The van der Waals surface area contributed by atoms with E-state index in [1.807, 2.05) is 54.6 Å². The molecule has 0 saturated heterocycles. The van der Waals surface area contributed by atoms with Gasteiger partial charge in [0.2, 0.25) is 5.91 Å². The highest BCUT2D eigenvalue weighted by atomic mass is 32.2. The van der Waals surface area contributed by atoms with Crippen molar-refractivity contribution in [2.45, 2.75) is 11.7 Å². The Morgan fingerprint density at radius 1 is 0.971 bits per heavy atom. The number of para-hydroxylation sites is 2. The first-order valence-electron chi connectivity index (χ1n) is 10.7. The number of hydrogen-bond donors (Lipinski definition) is 0. The van der Waals surface area contributed by atoms with Crippen molar-refractivity contribution in [3.63, 3.8) is 0 Å². The second-order valence-electron chi connectivity index (χ2n) is 7.57. The monoisotopic (exact) mass is 475 g/mol. The highest BCUT2D eigenvalue weighted by molar-refractivity contribution is 7.99. The molecule has 0 fully saturated rings. The van der Waals surface area contributed by atoms with Crippen LogP contribution in [0.15, 0.2) is 82.7 Å². The molecular weight excluding hydrogens is 450 g/mol. The van der Waals surface area contributed by atoms with Gasteiger partial charge in [0, 0.05) is 12.7 Å². The number of ether oxygens (including phenoxy) is 2. The first kappa shape index (κ1) is 23.4. The van der Waals surface area contributed by atoms with E-state index in [2.05, 4.69) is 0 Å². The largest absolute Gasteiger partial charge is 0.493 e. The van der Waals surface area contributed by atoms with Crippen LogP contribution in [0.5, 0.6) is 11.5 Å². The van der Waals surface area contributed by atoms with Crippen molar-refractivity contribution in [1.29, 1.82) is 0 Å². The number of fused-ring (bicyclic) bond motifs is 1. The molecule has 4 rings (SSSR count). The number of rotatable bonds is 8. The quantitative estimate of drug-likeness (QED) is 0.281. The number of anilines is 1. The van der Waals surface area contributed by atoms with E-state index in [1.165, 1.54) is 11.8 Å². The molecule has 1 amide bonds. The van der Waals surface area contributed by atoms with Crippen LogP contribution in [0, 0.1) is 0 Å². The topological polar surface area (TPSA) is 73.7 Å². The fourth-order valence-corrected chi connectivity index (χ4v) is 4.49. The van der Waals surface area contributed by atoms with E-state index in [0.29, 0.717) is 27.6 Å². The molecule has 0 spiro atoms. The third-order valence-corrected chi connectivity index (χ3v) is 6.42. The zero-order valence-electron chi connectivity index (χ0n) is 19.2. The van der Waals surface area contributed by atoms with Gasteiger partial charge in [-0.1, -0.05) is 48.2 Å². The average Bonchev–Trinajstić information content (AvgIpc) is 2.89. The van der Waals surface area contributed by atoms with Gasteiger partial charge >= 0.3 is 0 Å². The maximum absolute atomic E-state index is 13.4. The Kier molecular flexibility index (Phi) is 7.18. The number of carbonyl (C=O) groups is 1. The first-order valence-corrected chi connectivity index (χ1v) is 11.6. The van der Waals surface area contributed by atoms with Crippen LogP contribution in [0.4, 0.5) is 5.69 Å². The maximum atomic E-state index is 13.4. The molecule has 1 heterocycles. The Labute approximate surface area is 201 Å². The van der Waals surface area contributed by atoms with Crippen molar-refractivity contribution < 1.29 is 14.3 Å². The van der Waals surface area contributed by atoms with E-state index in [1.54, 1.807) is 48.9 Å². The molecule has 3 aromatic carbocycles. The van der Waals surface area contributed by atoms with Gasteiger partial charge in [-0.25, -0.2) is 4.98 Å². The van der Waals surface area contributed by atoms with Crippen LogP contribution in [-0.4, -0.2) is 42.5 Å². The van der Waals surface area contributed by atoms with E-state index < -0.39 is 0 Å². The predicted octanol–water partition coefficient (Wildman–Crippen LogP) is 4.22. The highest BCUT2D eigenvalue weighted by Gasteiger charge is 2.17. The number of carbonyl (C=O) groups excluding carboxylic acids is 1. The van der Waals surface area contributed by atoms with Crippen molar-refractivity contribution in [2.75, 3.05) is 31.9 Å². The molecule has 174 valence electrons. The molecular formula is C26H25N3O4S. The summed E-state index contributed by atoms with van der Waals surface area (Å²) in [6, 6.07) is 22.2. The summed E-state index contributed by atoms with van der Waals surface area (Å²) >= 11 is 1.25. The minimum Gasteiger partial charge on any atom is -0.493 e. The molecule has 1 aromatic heterocycles. The number of nitrogens with zero attached hydrogens (tertiary/aromatic N) is 3. The highest BCUT2D eigenvalue weighted by Crippen LogP contribution is 2.28. The SMILES string of the molecule is COc1ccc(Cn2c(SCC(=O)N(C)c3ccccc3)nc3ccccc3c2=O)cc1OC. The van der Waals surface area contributed by atoms with Gasteiger partial charge in [0.05, 0.1) is 37.4 Å². The summed E-state index contributed by atoms with van der Waals surface area (Å²) in [6.07, 6.45) is 0. The fraction of sp³-hybridized carbons (Fsp3) is 0.192. The average molecular weight is 476 g/mol. The number of thioether (sulfide) groups is 1. The zero-order chi connectivity index (χ0) is 24.1. The molecule has 4 aromatic rings. The van der Waals surface area contributed by atoms with E-state index in [0.717, 1.165) is 11.3 Å². The summed E-state index contributed by atoms with van der Waals surface area (Å²) in [7, 11) is 4.89. The second kappa shape index (κ2) is 10.4. The second-order valence-corrected chi connectivity index (χ2v) is 8.51. The van der Waals surface area contributed by atoms with Crippen LogP contribution in [0.1, 0.15) is 5.56 Å². The number of methoxy groups -OCH3 is 2. The van der Waals surface area contributed by atoms with E-state index in [9.17, 15) is 9.59 Å². The molecule has 0 radical (unpaired) electrons. The van der Waals surface area contributed by atoms with E-state index in [4.69, 9.17) is 14.5 Å². The van der Waals surface area contributed by atoms with Crippen LogP contribution in [0.25, 0.3) is 10.9 Å². The van der Waals surface area contributed by atoms with Gasteiger partial charge in [-0.15, -0.1) is 0 Å². The van der Waals surface area contributed by atoms with Crippen LogP contribution in [0.3, 0.4) is 0 Å². The van der Waals surface area contributed by atoms with Gasteiger partial charge in [-0.05, 0) is 42.0 Å². The lowest BCUT2D eigenvalue weighted by Gasteiger charge is -2.18. The van der Waals surface area contributed by atoms with E-state index in [-0.39, 0.29) is 23.8 Å². The maximum Gasteiger partial charge on any atom is 0.262 e. The van der Waals surface area contributed by atoms with Crippen molar-refractivity contribution in [1.82, 2.24) is 9.55 Å². The summed E-state index contributed by atoms with van der Waals surface area (Å²) in [5.41, 5.74) is 2.10. The summed E-state index contributed by atoms with van der Waals surface area (Å²) < 4.78 is 12.3. The van der Waals surface area contributed by atoms with Crippen LogP contribution in [0.2, 0.25) is 0 Å². The summed E-state index contributed by atoms with van der Waals surface area (Å²) in [5, 5.41) is 1.01. The fourth-order valence-electron chi connectivity index (χ4n) is 3.58. The normalized spacial score (nSPS) is 10.8. The van der Waals surface area contributed by atoms with Crippen LogP contribution < -0.4 is 19.9 Å². The van der Waals surface area contributed by atoms with Gasteiger partial charge in [0.25, 0.3) is 5.56 Å². The van der Waals surface area contributed by atoms with Crippen LogP contribution >= 0.6 is 11.8 Å². The Morgan fingerprint density at radius 2 is 1.68 bits per heavy atom. The number of amides is 1. The standard InChI is InChI=1S/C26H25N3O4S/c1-28(19-9-5-4-6-10-19)24(30)17-34-26-27-21-12-8-7-11-20(21)25(31)29(26)16-18-13-14-22(32-2)23(15-18)33-3/h4-15H,16-17H2,1-3H3. The van der Waals surface area contributed by atoms with Crippen molar-refractivity contribution in [2.24, 2.45) is 0 Å². The van der Waals surface area contributed by atoms with Crippen molar-refractivity contribution in [3.05, 3.63) is 88.7 Å². The van der Waals surface area contributed by atoms with Crippen LogP contribution in [-0.2, 0) is 11.3 Å². The molecule has 0 saturated carbocycles. The third kappa shape index (κ3) is 4.92. The Bertz CT molecular complexity index is 1370. The molecule has 0 unspecified atom stereocenters. The Balaban J connectivity index is 1.66.